The molecule has 1 amide bonds. The Morgan fingerprint density at radius 3 is 2.60 bits per heavy atom. The predicted molar refractivity (Wildman–Crippen MR) is 73.0 cm³/mol. The molecule has 0 saturated heterocycles. The fourth-order valence-electron chi connectivity index (χ4n) is 1.39. The van der Waals surface area contributed by atoms with E-state index >= 15 is 0 Å². The summed E-state index contributed by atoms with van der Waals surface area (Å²) >= 11 is 5.91. The fourth-order valence-corrected chi connectivity index (χ4v) is 1.57. The van der Waals surface area contributed by atoms with E-state index in [9.17, 15) is 9.59 Å². The summed E-state index contributed by atoms with van der Waals surface area (Å²) in [6.07, 6.45) is -1.90. The Morgan fingerprint density at radius 1 is 1.40 bits per heavy atom. The number of aliphatic carboxylic acids is 1. The molecule has 0 radical (unpaired) electrons. The molecule has 0 fully saturated rings. The Labute approximate surface area is 121 Å². The number of nitrogens with one attached hydrogen (secondary N) is 1. The van der Waals surface area contributed by atoms with Gasteiger partial charge in [0.05, 0.1) is 11.6 Å². The molecule has 0 aliphatic carbocycles. The third kappa shape index (κ3) is 4.71. The SMILES string of the molecule is COC(CNC(=O)C(C)Oc1ccccc1Cl)C(=O)O. The largest absolute Gasteiger partial charge is 0.479 e. The van der Waals surface area contributed by atoms with Crippen LogP contribution in [0.3, 0.4) is 0 Å². The number of benzene rings is 1. The van der Waals surface area contributed by atoms with Crippen LogP contribution in [-0.4, -0.2) is 42.8 Å². The maximum Gasteiger partial charge on any atom is 0.334 e. The predicted octanol–water partition coefficient (Wildman–Crippen LogP) is 1.32. The molecule has 2 unspecified atom stereocenters. The number of hydrogen-bond acceptors (Lipinski definition) is 4. The Balaban J connectivity index is 2.51. The first kappa shape index (κ1) is 16.3. The maximum atomic E-state index is 11.8. The number of carboxylic acid groups (broad SMARTS) is 1. The van der Waals surface area contributed by atoms with Gasteiger partial charge in [0.2, 0.25) is 0 Å². The van der Waals surface area contributed by atoms with Crippen molar-refractivity contribution in [2.24, 2.45) is 0 Å². The summed E-state index contributed by atoms with van der Waals surface area (Å²) in [6, 6.07) is 6.77. The van der Waals surface area contributed by atoms with Gasteiger partial charge in [-0.25, -0.2) is 4.79 Å². The van der Waals surface area contributed by atoms with Crippen molar-refractivity contribution in [2.75, 3.05) is 13.7 Å². The highest BCUT2D eigenvalue weighted by atomic mass is 35.5. The Hall–Kier alpha value is -1.79. The van der Waals surface area contributed by atoms with E-state index in [0.717, 1.165) is 0 Å². The van der Waals surface area contributed by atoms with E-state index in [1.807, 2.05) is 0 Å². The summed E-state index contributed by atoms with van der Waals surface area (Å²) in [4.78, 5) is 22.5. The highest BCUT2D eigenvalue weighted by Gasteiger charge is 2.20. The molecule has 0 aromatic heterocycles. The zero-order valence-corrected chi connectivity index (χ0v) is 11.9. The molecule has 0 aliphatic heterocycles. The van der Waals surface area contributed by atoms with E-state index in [4.69, 9.17) is 26.2 Å². The van der Waals surface area contributed by atoms with E-state index in [2.05, 4.69) is 5.32 Å². The third-order valence-electron chi connectivity index (χ3n) is 2.53. The quantitative estimate of drug-likeness (QED) is 0.793. The van der Waals surface area contributed by atoms with E-state index < -0.39 is 24.1 Å². The summed E-state index contributed by atoms with van der Waals surface area (Å²) in [7, 11) is 1.26. The number of amides is 1. The van der Waals surface area contributed by atoms with Gasteiger partial charge in [0.15, 0.2) is 12.2 Å². The van der Waals surface area contributed by atoms with Crippen LogP contribution in [0.5, 0.6) is 5.75 Å². The number of hydrogen-bond donors (Lipinski definition) is 2. The topological polar surface area (TPSA) is 84.9 Å². The maximum absolute atomic E-state index is 11.8. The second kappa shape index (κ2) is 7.72. The van der Waals surface area contributed by atoms with Crippen LogP contribution < -0.4 is 10.1 Å². The summed E-state index contributed by atoms with van der Waals surface area (Å²) in [5.74, 6) is -1.21. The number of para-hydroxylation sites is 1. The smallest absolute Gasteiger partial charge is 0.334 e. The van der Waals surface area contributed by atoms with Gasteiger partial charge in [0.25, 0.3) is 5.91 Å². The molecule has 6 nitrogen and oxygen atoms in total. The van der Waals surface area contributed by atoms with E-state index in [1.54, 1.807) is 31.2 Å². The molecule has 1 aromatic carbocycles. The molecule has 2 N–H and O–H groups in total. The number of halogens is 1. The zero-order chi connectivity index (χ0) is 15.1. The Kier molecular flexibility index (Phi) is 6.27. The molecule has 1 aromatic rings. The van der Waals surface area contributed by atoms with Gasteiger partial charge in [-0.1, -0.05) is 23.7 Å². The van der Waals surface area contributed by atoms with Crippen molar-refractivity contribution >= 4 is 23.5 Å². The van der Waals surface area contributed by atoms with Gasteiger partial charge < -0.3 is 19.9 Å². The van der Waals surface area contributed by atoms with Crippen LogP contribution in [0.15, 0.2) is 24.3 Å². The molecule has 7 heteroatoms. The monoisotopic (exact) mass is 301 g/mol. The summed E-state index contributed by atoms with van der Waals surface area (Å²) < 4.78 is 10.1. The first-order valence-electron chi connectivity index (χ1n) is 5.90. The van der Waals surface area contributed by atoms with Crippen LogP contribution in [0.25, 0.3) is 0 Å². The number of rotatable bonds is 7. The normalized spacial score (nSPS) is 13.3. The highest BCUT2D eigenvalue weighted by molar-refractivity contribution is 6.32. The lowest BCUT2D eigenvalue weighted by Crippen LogP contribution is -2.43. The molecule has 110 valence electrons. The standard InChI is InChI=1S/C13H16ClNO5/c1-8(20-10-6-4-3-5-9(10)14)12(16)15-7-11(19-2)13(17)18/h3-6,8,11H,7H2,1-2H3,(H,15,16)(H,17,18). The van der Waals surface area contributed by atoms with Crippen molar-refractivity contribution < 1.29 is 24.2 Å². The number of methoxy groups -OCH3 is 1. The van der Waals surface area contributed by atoms with Crippen LogP contribution in [-0.2, 0) is 14.3 Å². The molecule has 1 rings (SSSR count). The van der Waals surface area contributed by atoms with Crippen molar-refractivity contribution in [3.63, 3.8) is 0 Å². The lowest BCUT2D eigenvalue weighted by Gasteiger charge is -2.17. The molecule has 20 heavy (non-hydrogen) atoms. The molecule has 2 atom stereocenters. The van der Waals surface area contributed by atoms with Crippen LogP contribution >= 0.6 is 11.6 Å². The second-order valence-corrected chi connectivity index (χ2v) is 4.41. The molecule has 0 heterocycles. The van der Waals surface area contributed by atoms with Crippen molar-refractivity contribution in [1.29, 1.82) is 0 Å². The van der Waals surface area contributed by atoms with E-state index in [0.29, 0.717) is 10.8 Å². The number of ether oxygens (including phenoxy) is 2. The molecule has 0 spiro atoms. The zero-order valence-electron chi connectivity index (χ0n) is 11.1. The lowest BCUT2D eigenvalue weighted by molar-refractivity contribution is -0.148. The Bertz CT molecular complexity index is 480. The van der Waals surface area contributed by atoms with Gasteiger partial charge in [-0.3, -0.25) is 4.79 Å². The number of carbonyl (C=O) groups is 2. The average Bonchev–Trinajstić information content (AvgIpc) is 2.41. The van der Waals surface area contributed by atoms with E-state index in [1.165, 1.54) is 7.11 Å². The average molecular weight is 302 g/mol. The second-order valence-electron chi connectivity index (χ2n) is 4.00. The fraction of sp³-hybridized carbons (Fsp3) is 0.385. The minimum absolute atomic E-state index is 0.138. The van der Waals surface area contributed by atoms with Crippen LogP contribution in [0, 0.1) is 0 Å². The van der Waals surface area contributed by atoms with Crippen LogP contribution in [0.4, 0.5) is 0 Å². The van der Waals surface area contributed by atoms with Gasteiger partial charge in [0, 0.05) is 7.11 Å². The van der Waals surface area contributed by atoms with E-state index in [-0.39, 0.29) is 6.54 Å². The number of carboxylic acids is 1. The third-order valence-corrected chi connectivity index (χ3v) is 2.84. The lowest BCUT2D eigenvalue weighted by atomic mass is 10.3. The minimum atomic E-state index is -1.15. The van der Waals surface area contributed by atoms with Gasteiger partial charge in [-0.05, 0) is 19.1 Å². The van der Waals surface area contributed by atoms with Crippen molar-refractivity contribution in [3.8, 4) is 5.75 Å². The first-order valence-corrected chi connectivity index (χ1v) is 6.28. The molecule has 0 aliphatic rings. The molecule has 0 bridgehead atoms. The Morgan fingerprint density at radius 2 is 2.05 bits per heavy atom. The number of carbonyl (C=O) groups excluding carboxylic acids is 1. The molecular formula is C13H16ClNO5. The summed E-state index contributed by atoms with van der Waals surface area (Å²) in [5, 5.41) is 11.6. The first-order chi connectivity index (χ1) is 9.45. The summed E-state index contributed by atoms with van der Waals surface area (Å²) in [5.41, 5.74) is 0. The van der Waals surface area contributed by atoms with Crippen molar-refractivity contribution in [1.82, 2.24) is 5.32 Å². The van der Waals surface area contributed by atoms with Crippen molar-refractivity contribution in [2.45, 2.75) is 19.1 Å². The molecule has 0 saturated carbocycles. The van der Waals surface area contributed by atoms with Gasteiger partial charge >= 0.3 is 5.97 Å². The minimum Gasteiger partial charge on any atom is -0.479 e. The van der Waals surface area contributed by atoms with Gasteiger partial charge in [-0.15, -0.1) is 0 Å². The van der Waals surface area contributed by atoms with Crippen LogP contribution in [0.1, 0.15) is 6.92 Å². The van der Waals surface area contributed by atoms with Gasteiger partial charge in [-0.2, -0.15) is 0 Å². The highest BCUT2D eigenvalue weighted by Crippen LogP contribution is 2.24. The molecular weight excluding hydrogens is 286 g/mol. The summed E-state index contributed by atoms with van der Waals surface area (Å²) in [6.45, 7) is 1.40. The van der Waals surface area contributed by atoms with Crippen molar-refractivity contribution in [3.05, 3.63) is 29.3 Å². The van der Waals surface area contributed by atoms with Crippen LogP contribution in [0.2, 0.25) is 5.02 Å². The van der Waals surface area contributed by atoms with Gasteiger partial charge in [0.1, 0.15) is 5.75 Å².